The molecule has 0 bridgehead atoms. The van der Waals surface area contributed by atoms with Crippen molar-refractivity contribution in [1.82, 2.24) is 20.1 Å². The van der Waals surface area contributed by atoms with Gasteiger partial charge in [0.2, 0.25) is 0 Å². The van der Waals surface area contributed by atoms with Crippen molar-refractivity contribution >= 4 is 23.5 Å². The van der Waals surface area contributed by atoms with Gasteiger partial charge in [0.25, 0.3) is 5.91 Å². The molecule has 0 aliphatic rings. The first-order valence-corrected chi connectivity index (χ1v) is 11.5. The highest BCUT2D eigenvalue weighted by Gasteiger charge is 2.25. The predicted octanol–water partition coefficient (Wildman–Crippen LogP) is 3.93. The van der Waals surface area contributed by atoms with Gasteiger partial charge in [0, 0.05) is 18.2 Å². The second kappa shape index (κ2) is 11.0. The number of carbonyl (C=O) groups is 2. The summed E-state index contributed by atoms with van der Waals surface area (Å²) in [7, 11) is 5.00. The quantitative estimate of drug-likeness (QED) is 0.356. The first-order chi connectivity index (χ1) is 15.8. The molecule has 1 N–H and O–H groups in total. The van der Waals surface area contributed by atoms with Gasteiger partial charge in [0.1, 0.15) is 11.5 Å². The molecule has 1 aromatic heterocycles. The van der Waals surface area contributed by atoms with Crippen molar-refractivity contribution in [2.24, 2.45) is 13.0 Å². The van der Waals surface area contributed by atoms with Gasteiger partial charge < -0.3 is 19.4 Å². The molecule has 0 aliphatic carbocycles. The molecule has 1 unspecified atom stereocenters. The molecule has 0 saturated heterocycles. The summed E-state index contributed by atoms with van der Waals surface area (Å²) < 4.78 is 12.1. The number of rotatable bonds is 10. The number of thioether (sulfide) groups is 1. The molecule has 174 valence electrons. The molecular weight excluding hydrogens is 440 g/mol. The van der Waals surface area contributed by atoms with Crippen LogP contribution in [0.3, 0.4) is 0 Å². The zero-order chi connectivity index (χ0) is 24.0. The second-order valence-corrected chi connectivity index (χ2v) is 8.71. The van der Waals surface area contributed by atoms with Gasteiger partial charge in [-0.15, -0.1) is 10.2 Å². The highest BCUT2D eigenvalue weighted by molar-refractivity contribution is 7.99. The highest BCUT2D eigenvalue weighted by atomic mass is 32.2. The van der Waals surface area contributed by atoms with Crippen LogP contribution in [0.5, 0.6) is 11.5 Å². The third kappa shape index (κ3) is 5.92. The van der Waals surface area contributed by atoms with Crippen molar-refractivity contribution in [3.05, 3.63) is 65.5 Å². The minimum absolute atomic E-state index is 0.0135. The van der Waals surface area contributed by atoms with Crippen LogP contribution in [-0.2, 0) is 7.05 Å². The van der Waals surface area contributed by atoms with Crippen molar-refractivity contribution in [2.45, 2.75) is 25.0 Å². The minimum atomic E-state index is -0.344. The van der Waals surface area contributed by atoms with Crippen molar-refractivity contribution in [2.75, 3.05) is 20.0 Å². The van der Waals surface area contributed by atoms with Crippen LogP contribution in [0.4, 0.5) is 0 Å². The van der Waals surface area contributed by atoms with E-state index in [1.54, 1.807) is 62.8 Å². The summed E-state index contributed by atoms with van der Waals surface area (Å²) in [5.74, 6) is 2.10. The Hall–Kier alpha value is -3.33. The van der Waals surface area contributed by atoms with E-state index in [2.05, 4.69) is 15.5 Å². The minimum Gasteiger partial charge on any atom is -0.497 e. The zero-order valence-corrected chi connectivity index (χ0v) is 20.2. The number of ketones is 1. The SMILES string of the molecule is COc1ccc(C(=O)CSc2nnc(C(NC(=O)c3ccc(OC)cc3)C(C)C)n2C)cc1. The van der Waals surface area contributed by atoms with Crippen LogP contribution in [0.2, 0.25) is 0 Å². The zero-order valence-electron chi connectivity index (χ0n) is 19.4. The van der Waals surface area contributed by atoms with Crippen molar-refractivity contribution in [1.29, 1.82) is 0 Å². The van der Waals surface area contributed by atoms with Crippen LogP contribution in [0.25, 0.3) is 0 Å². The third-order valence-electron chi connectivity index (χ3n) is 5.20. The lowest BCUT2D eigenvalue weighted by Gasteiger charge is -2.21. The lowest BCUT2D eigenvalue weighted by atomic mass is 10.0. The Morgan fingerprint density at radius 3 is 2.00 bits per heavy atom. The van der Waals surface area contributed by atoms with Crippen molar-refractivity contribution in [3.63, 3.8) is 0 Å². The fourth-order valence-electron chi connectivity index (χ4n) is 3.21. The van der Waals surface area contributed by atoms with Crippen molar-refractivity contribution in [3.8, 4) is 11.5 Å². The Bertz CT molecular complexity index is 1090. The Morgan fingerprint density at radius 2 is 1.48 bits per heavy atom. The van der Waals surface area contributed by atoms with E-state index in [0.29, 0.717) is 33.6 Å². The Labute approximate surface area is 197 Å². The molecule has 0 fully saturated rings. The number of nitrogens with one attached hydrogen (secondary N) is 1. The molecule has 2 aromatic carbocycles. The molecule has 3 aromatic rings. The number of aromatic nitrogens is 3. The predicted molar refractivity (Wildman–Crippen MR) is 127 cm³/mol. The summed E-state index contributed by atoms with van der Waals surface area (Å²) in [5, 5.41) is 12.2. The van der Waals surface area contributed by atoms with Gasteiger partial charge in [-0.3, -0.25) is 9.59 Å². The first-order valence-electron chi connectivity index (χ1n) is 10.5. The van der Waals surface area contributed by atoms with E-state index in [9.17, 15) is 9.59 Å². The van der Waals surface area contributed by atoms with E-state index in [4.69, 9.17) is 9.47 Å². The van der Waals surface area contributed by atoms with Gasteiger partial charge in [-0.2, -0.15) is 0 Å². The molecule has 1 atom stereocenters. The van der Waals surface area contributed by atoms with Gasteiger partial charge in [0.05, 0.1) is 26.0 Å². The molecule has 33 heavy (non-hydrogen) atoms. The van der Waals surface area contributed by atoms with Gasteiger partial charge in [-0.05, 0) is 54.4 Å². The number of Topliss-reactive ketones (excluding diaryl/α,β-unsaturated/α-hetero) is 1. The Balaban J connectivity index is 1.69. The molecule has 0 radical (unpaired) electrons. The highest BCUT2D eigenvalue weighted by Crippen LogP contribution is 2.25. The summed E-state index contributed by atoms with van der Waals surface area (Å²) in [5.41, 5.74) is 1.14. The third-order valence-corrected chi connectivity index (χ3v) is 6.22. The van der Waals surface area contributed by atoms with Crippen molar-refractivity contribution < 1.29 is 19.1 Å². The summed E-state index contributed by atoms with van der Waals surface area (Å²) in [4.78, 5) is 25.3. The topological polar surface area (TPSA) is 95.3 Å². The number of carbonyl (C=O) groups excluding carboxylic acids is 2. The van der Waals surface area contributed by atoms with Crippen LogP contribution in [0.15, 0.2) is 53.7 Å². The standard InChI is InChI=1S/C24H28N4O4S/c1-15(2)21(25-23(30)17-8-12-19(32-5)13-9-17)22-26-27-24(28(22)3)33-14-20(29)16-6-10-18(31-4)11-7-16/h6-13,15,21H,14H2,1-5H3,(H,25,30). The number of hydrogen-bond donors (Lipinski definition) is 1. The average Bonchev–Trinajstić information content (AvgIpc) is 3.20. The maximum Gasteiger partial charge on any atom is 0.251 e. The summed E-state index contributed by atoms with van der Waals surface area (Å²) in [6, 6.07) is 13.6. The monoisotopic (exact) mass is 468 g/mol. The van der Waals surface area contributed by atoms with E-state index < -0.39 is 0 Å². The fraction of sp³-hybridized carbons (Fsp3) is 0.333. The fourth-order valence-corrected chi connectivity index (χ4v) is 4.02. The normalized spacial score (nSPS) is 11.8. The number of benzene rings is 2. The molecule has 9 heteroatoms. The molecule has 3 rings (SSSR count). The Morgan fingerprint density at radius 1 is 0.939 bits per heavy atom. The summed E-state index contributed by atoms with van der Waals surface area (Å²) >= 11 is 1.31. The number of methoxy groups -OCH3 is 2. The maximum atomic E-state index is 12.8. The summed E-state index contributed by atoms with van der Waals surface area (Å²) in [6.07, 6.45) is 0. The van der Waals surface area contributed by atoms with E-state index in [1.165, 1.54) is 11.8 Å². The molecule has 8 nitrogen and oxygen atoms in total. The number of ether oxygens (including phenoxy) is 2. The van der Waals surface area contributed by atoms with Crippen LogP contribution in [-0.4, -0.2) is 46.4 Å². The van der Waals surface area contributed by atoms with Crippen LogP contribution in [0.1, 0.15) is 46.4 Å². The number of nitrogens with zero attached hydrogens (tertiary/aromatic N) is 3. The molecule has 1 heterocycles. The maximum absolute atomic E-state index is 12.8. The van der Waals surface area contributed by atoms with Gasteiger partial charge in [-0.25, -0.2) is 0 Å². The van der Waals surface area contributed by atoms with Gasteiger partial charge >= 0.3 is 0 Å². The van der Waals surface area contributed by atoms with E-state index in [1.807, 2.05) is 25.5 Å². The lowest BCUT2D eigenvalue weighted by Crippen LogP contribution is -2.33. The number of hydrogen-bond acceptors (Lipinski definition) is 7. The van der Waals surface area contributed by atoms with Crippen LogP contribution < -0.4 is 14.8 Å². The molecule has 1 amide bonds. The molecular formula is C24H28N4O4S. The van der Waals surface area contributed by atoms with Crippen LogP contribution >= 0.6 is 11.8 Å². The van der Waals surface area contributed by atoms with Gasteiger partial charge in [-0.1, -0.05) is 25.6 Å². The van der Waals surface area contributed by atoms with E-state index in [-0.39, 0.29) is 29.4 Å². The Kier molecular flexibility index (Phi) is 8.11. The molecule has 0 aliphatic heterocycles. The average molecular weight is 469 g/mol. The molecule has 0 saturated carbocycles. The summed E-state index contributed by atoms with van der Waals surface area (Å²) in [6.45, 7) is 4.02. The smallest absolute Gasteiger partial charge is 0.251 e. The van der Waals surface area contributed by atoms with E-state index in [0.717, 1.165) is 0 Å². The van der Waals surface area contributed by atoms with Crippen LogP contribution in [0, 0.1) is 5.92 Å². The lowest BCUT2D eigenvalue weighted by molar-refractivity contribution is 0.0921. The molecule has 0 spiro atoms. The number of amides is 1. The second-order valence-electron chi connectivity index (χ2n) is 7.76. The van der Waals surface area contributed by atoms with Gasteiger partial charge in [0.15, 0.2) is 16.8 Å². The van der Waals surface area contributed by atoms with E-state index >= 15 is 0 Å². The first kappa shape index (κ1) is 24.3. The largest absolute Gasteiger partial charge is 0.497 e.